The minimum atomic E-state index is 0.700. The molecule has 0 amide bonds. The largest absolute Gasteiger partial charge is 0.378 e. The molecule has 0 radical (unpaired) electrons. The van der Waals surface area contributed by atoms with Crippen molar-refractivity contribution in [1.82, 2.24) is 14.7 Å². The first-order valence-corrected chi connectivity index (χ1v) is 12.9. The number of hydrogen-bond acceptors (Lipinski definition) is 5. The second-order valence-electron chi connectivity index (χ2n) is 9.43. The summed E-state index contributed by atoms with van der Waals surface area (Å²) < 4.78 is 14.5. The molecule has 0 bridgehead atoms. The normalized spacial score (nSPS) is 17.9. The summed E-state index contributed by atoms with van der Waals surface area (Å²) in [4.78, 5) is 7.56. The van der Waals surface area contributed by atoms with Gasteiger partial charge in [-0.2, -0.15) is 0 Å². The lowest BCUT2D eigenvalue weighted by molar-refractivity contribution is 0.122. The van der Waals surface area contributed by atoms with Crippen molar-refractivity contribution in [2.45, 2.75) is 45.6 Å². The molecular weight excluding hydrogens is 480 g/mol. The SMILES string of the molecule is Cc1noc2c(Br)cc(-c3nc4ccc(N5CCOCC5)cc4n3CC3CCCCC3)cc12. The first-order chi connectivity index (χ1) is 16.2. The third-order valence-corrected chi connectivity index (χ3v) is 7.83. The van der Waals surface area contributed by atoms with Crippen LogP contribution in [0.15, 0.2) is 39.3 Å². The molecule has 0 spiro atoms. The maximum atomic E-state index is 5.57. The number of halogens is 1. The number of aryl methyl sites for hydroxylation is 1. The Morgan fingerprint density at radius 3 is 2.70 bits per heavy atom. The van der Waals surface area contributed by atoms with Gasteiger partial charge < -0.3 is 18.7 Å². The Kier molecular flexibility index (Phi) is 5.62. The van der Waals surface area contributed by atoms with Crippen molar-refractivity contribution in [2.75, 3.05) is 31.2 Å². The van der Waals surface area contributed by atoms with Crippen LogP contribution in [0.1, 0.15) is 37.8 Å². The van der Waals surface area contributed by atoms with Crippen LogP contribution in [0.25, 0.3) is 33.4 Å². The molecular formula is C26H29BrN4O2. The van der Waals surface area contributed by atoms with Gasteiger partial charge in [-0.1, -0.05) is 24.4 Å². The molecule has 1 aliphatic carbocycles. The molecule has 0 N–H and O–H groups in total. The third-order valence-electron chi connectivity index (χ3n) is 7.24. The van der Waals surface area contributed by atoms with Crippen molar-refractivity contribution in [3.8, 4) is 11.4 Å². The number of fused-ring (bicyclic) bond motifs is 2. The summed E-state index contributed by atoms with van der Waals surface area (Å²) in [5.74, 6) is 1.73. The van der Waals surface area contributed by atoms with Crippen LogP contribution in [0.3, 0.4) is 0 Å². The van der Waals surface area contributed by atoms with Crippen molar-refractivity contribution in [3.05, 3.63) is 40.5 Å². The zero-order valence-corrected chi connectivity index (χ0v) is 20.6. The molecule has 1 aliphatic heterocycles. The average molecular weight is 509 g/mol. The molecule has 1 saturated heterocycles. The Morgan fingerprint density at radius 1 is 1.06 bits per heavy atom. The van der Waals surface area contributed by atoms with Crippen molar-refractivity contribution in [1.29, 1.82) is 0 Å². The molecule has 6 rings (SSSR count). The second-order valence-corrected chi connectivity index (χ2v) is 10.3. The first-order valence-electron chi connectivity index (χ1n) is 12.1. The van der Waals surface area contributed by atoms with Crippen molar-refractivity contribution in [2.24, 2.45) is 5.92 Å². The van der Waals surface area contributed by atoms with Gasteiger partial charge in [-0.25, -0.2) is 4.98 Å². The molecule has 1 saturated carbocycles. The van der Waals surface area contributed by atoms with Gasteiger partial charge in [0.25, 0.3) is 0 Å². The molecule has 7 heteroatoms. The molecule has 2 aromatic carbocycles. The number of nitrogens with zero attached hydrogens (tertiary/aromatic N) is 4. The van der Waals surface area contributed by atoms with Crippen molar-refractivity contribution < 1.29 is 9.26 Å². The molecule has 0 unspecified atom stereocenters. The fourth-order valence-corrected chi connectivity index (χ4v) is 5.94. The Hall–Kier alpha value is -2.38. The van der Waals surface area contributed by atoms with Gasteiger partial charge >= 0.3 is 0 Å². The molecule has 172 valence electrons. The number of rotatable bonds is 4. The van der Waals surface area contributed by atoms with E-state index < -0.39 is 0 Å². The summed E-state index contributed by atoms with van der Waals surface area (Å²) >= 11 is 3.70. The zero-order valence-electron chi connectivity index (χ0n) is 19.0. The van der Waals surface area contributed by atoms with Gasteiger partial charge in [-0.15, -0.1) is 0 Å². The fraction of sp³-hybridized carbons (Fsp3) is 0.462. The average Bonchev–Trinajstić information content (AvgIpc) is 3.41. The second kappa shape index (κ2) is 8.76. The minimum absolute atomic E-state index is 0.700. The fourth-order valence-electron chi connectivity index (χ4n) is 5.41. The Bertz CT molecular complexity index is 1300. The summed E-state index contributed by atoms with van der Waals surface area (Å²) in [5.41, 5.74) is 6.32. The highest BCUT2D eigenvalue weighted by molar-refractivity contribution is 9.10. The van der Waals surface area contributed by atoms with Gasteiger partial charge in [-0.05, 0) is 71.9 Å². The van der Waals surface area contributed by atoms with E-state index in [-0.39, 0.29) is 0 Å². The summed E-state index contributed by atoms with van der Waals surface area (Å²) in [6.45, 7) is 6.45. The van der Waals surface area contributed by atoms with Crippen LogP contribution in [-0.2, 0) is 11.3 Å². The highest BCUT2D eigenvalue weighted by atomic mass is 79.9. The van der Waals surface area contributed by atoms with Gasteiger partial charge in [0.15, 0.2) is 5.58 Å². The van der Waals surface area contributed by atoms with Gasteiger partial charge in [0.2, 0.25) is 0 Å². The van der Waals surface area contributed by atoms with E-state index in [1.165, 1.54) is 43.3 Å². The first kappa shape index (κ1) is 21.2. The Morgan fingerprint density at radius 2 is 1.88 bits per heavy atom. The van der Waals surface area contributed by atoms with Crippen LogP contribution >= 0.6 is 15.9 Å². The lowest BCUT2D eigenvalue weighted by atomic mass is 9.89. The summed E-state index contributed by atoms with van der Waals surface area (Å²) in [7, 11) is 0. The molecule has 33 heavy (non-hydrogen) atoms. The lowest BCUT2D eigenvalue weighted by Gasteiger charge is -2.29. The molecule has 2 aromatic heterocycles. The maximum absolute atomic E-state index is 5.57. The van der Waals surface area contributed by atoms with Crippen LogP contribution < -0.4 is 4.90 Å². The highest BCUT2D eigenvalue weighted by Gasteiger charge is 2.22. The van der Waals surface area contributed by atoms with E-state index in [4.69, 9.17) is 14.2 Å². The zero-order chi connectivity index (χ0) is 22.4. The van der Waals surface area contributed by atoms with E-state index in [1.807, 2.05) is 6.92 Å². The Balaban J connectivity index is 1.49. The minimum Gasteiger partial charge on any atom is -0.378 e. The molecule has 3 heterocycles. The highest BCUT2D eigenvalue weighted by Crippen LogP contribution is 2.36. The Labute approximate surface area is 202 Å². The van der Waals surface area contributed by atoms with E-state index in [2.05, 4.69) is 60.9 Å². The van der Waals surface area contributed by atoms with Gasteiger partial charge in [0.1, 0.15) is 5.82 Å². The predicted molar refractivity (Wildman–Crippen MR) is 135 cm³/mol. The molecule has 2 aliphatic rings. The summed E-state index contributed by atoms with van der Waals surface area (Å²) in [6.07, 6.45) is 6.64. The van der Waals surface area contributed by atoms with Crippen LogP contribution in [0, 0.1) is 12.8 Å². The number of imidazole rings is 1. The van der Waals surface area contributed by atoms with Crippen LogP contribution in [-0.4, -0.2) is 41.0 Å². The van der Waals surface area contributed by atoms with E-state index in [0.29, 0.717) is 5.92 Å². The van der Waals surface area contributed by atoms with Gasteiger partial charge in [-0.3, -0.25) is 0 Å². The molecule has 4 aromatic rings. The topological polar surface area (TPSA) is 56.3 Å². The van der Waals surface area contributed by atoms with Gasteiger partial charge in [0.05, 0.1) is 34.4 Å². The predicted octanol–water partition coefficient (Wildman–Crippen LogP) is 6.33. The quantitative estimate of drug-likeness (QED) is 0.322. The number of aromatic nitrogens is 3. The van der Waals surface area contributed by atoms with E-state index in [0.717, 1.165) is 70.9 Å². The number of benzene rings is 2. The summed E-state index contributed by atoms with van der Waals surface area (Å²) in [5, 5.41) is 5.20. The monoisotopic (exact) mass is 508 g/mol. The third kappa shape index (κ3) is 3.95. The standard InChI is InChI=1S/C26H29BrN4O2/c1-17-21-13-19(14-22(27)25(21)33-29-17)26-28-23-8-7-20(30-9-11-32-12-10-30)15-24(23)31(26)16-18-5-3-2-4-6-18/h7-8,13-15,18H,2-6,9-12,16H2,1H3. The van der Waals surface area contributed by atoms with E-state index >= 15 is 0 Å². The maximum Gasteiger partial charge on any atom is 0.181 e. The lowest BCUT2D eigenvalue weighted by Crippen LogP contribution is -2.36. The van der Waals surface area contributed by atoms with Crippen LogP contribution in [0.2, 0.25) is 0 Å². The molecule has 0 atom stereocenters. The number of ether oxygens (including phenoxy) is 1. The number of anilines is 1. The summed E-state index contributed by atoms with van der Waals surface area (Å²) in [6, 6.07) is 11.0. The van der Waals surface area contributed by atoms with Crippen molar-refractivity contribution >= 4 is 43.6 Å². The van der Waals surface area contributed by atoms with Crippen LogP contribution in [0.4, 0.5) is 5.69 Å². The van der Waals surface area contributed by atoms with Gasteiger partial charge in [0, 0.05) is 36.3 Å². The number of hydrogen-bond donors (Lipinski definition) is 0. The number of morpholine rings is 1. The smallest absolute Gasteiger partial charge is 0.181 e. The van der Waals surface area contributed by atoms with Crippen LogP contribution in [0.5, 0.6) is 0 Å². The van der Waals surface area contributed by atoms with E-state index in [9.17, 15) is 0 Å². The van der Waals surface area contributed by atoms with Crippen molar-refractivity contribution in [3.63, 3.8) is 0 Å². The molecule has 6 nitrogen and oxygen atoms in total. The van der Waals surface area contributed by atoms with E-state index in [1.54, 1.807) is 0 Å². The molecule has 2 fully saturated rings.